The van der Waals surface area contributed by atoms with Crippen LogP contribution in [0, 0.1) is 5.92 Å². The Hall–Kier alpha value is -2.33. The molecule has 0 bridgehead atoms. The van der Waals surface area contributed by atoms with Gasteiger partial charge in [-0.25, -0.2) is 0 Å². The minimum absolute atomic E-state index is 0.145. The second-order valence-electron chi connectivity index (χ2n) is 12.9. The van der Waals surface area contributed by atoms with Gasteiger partial charge in [0, 0.05) is 12.0 Å². The molecule has 2 atom stereocenters. The Morgan fingerprint density at radius 3 is 1.88 bits per heavy atom. The van der Waals surface area contributed by atoms with Gasteiger partial charge in [-0.1, -0.05) is 140 Å². The molecule has 0 aliphatic heterocycles. The second kappa shape index (κ2) is 21.4. The molecule has 2 unspecified atom stereocenters. The lowest BCUT2D eigenvalue weighted by molar-refractivity contribution is -0.906. The van der Waals surface area contributed by atoms with Crippen molar-refractivity contribution >= 4 is 5.97 Å². The Labute approximate surface area is 258 Å². The number of quaternary nitrogens is 1. The maximum atomic E-state index is 13.3. The maximum absolute atomic E-state index is 13.3. The Morgan fingerprint density at radius 2 is 1.29 bits per heavy atom. The topological polar surface area (TPSA) is 35.5 Å². The highest BCUT2D eigenvalue weighted by Gasteiger charge is 2.30. The molecule has 0 saturated heterocycles. The third-order valence-corrected chi connectivity index (χ3v) is 8.30. The van der Waals surface area contributed by atoms with Crippen molar-refractivity contribution in [2.45, 2.75) is 136 Å². The monoisotopic (exact) mass is 580 g/mol. The molecule has 0 fully saturated rings. The number of carbonyl (C=O) groups is 1. The number of esters is 1. The van der Waals surface area contributed by atoms with Crippen LogP contribution in [0.5, 0.6) is 5.75 Å². The molecule has 0 radical (unpaired) electrons. The fourth-order valence-electron chi connectivity index (χ4n) is 5.84. The highest BCUT2D eigenvalue weighted by Crippen LogP contribution is 2.25. The maximum Gasteiger partial charge on any atom is 0.317 e. The Kier molecular flexibility index (Phi) is 18.3. The van der Waals surface area contributed by atoms with Gasteiger partial charge in [-0.3, -0.25) is 4.79 Å². The third kappa shape index (κ3) is 15.2. The van der Waals surface area contributed by atoms with Crippen LogP contribution in [0.2, 0.25) is 0 Å². The zero-order chi connectivity index (χ0) is 30.5. The number of benzene rings is 2. The van der Waals surface area contributed by atoms with Gasteiger partial charge in [-0.2, -0.15) is 0 Å². The quantitative estimate of drug-likeness (QED) is 0.0536. The van der Waals surface area contributed by atoms with Gasteiger partial charge in [0.15, 0.2) is 0 Å². The molecule has 0 saturated carbocycles. The number of rotatable bonds is 24. The molecule has 0 aromatic heterocycles. The van der Waals surface area contributed by atoms with Crippen molar-refractivity contribution in [1.29, 1.82) is 0 Å². The number of nitrogens with zero attached hydrogens (tertiary/aromatic N) is 1. The molecule has 2 aromatic carbocycles. The van der Waals surface area contributed by atoms with E-state index in [-0.39, 0.29) is 11.9 Å². The first kappa shape index (κ1) is 35.9. The van der Waals surface area contributed by atoms with Gasteiger partial charge < -0.3 is 14.0 Å². The summed E-state index contributed by atoms with van der Waals surface area (Å²) in [6.07, 6.45) is 19.0. The van der Waals surface area contributed by atoms with Gasteiger partial charge in [-0.05, 0) is 37.3 Å². The summed E-state index contributed by atoms with van der Waals surface area (Å²) < 4.78 is 13.2. The van der Waals surface area contributed by atoms with E-state index in [1.807, 2.05) is 18.2 Å². The molecular weight excluding hydrogens is 518 g/mol. The van der Waals surface area contributed by atoms with Gasteiger partial charge in [0.1, 0.15) is 18.2 Å². The minimum atomic E-state index is -0.551. The summed E-state index contributed by atoms with van der Waals surface area (Å²) in [4.78, 5) is 13.3. The highest BCUT2D eigenvalue weighted by atomic mass is 16.7. The molecule has 0 aliphatic rings. The largest absolute Gasteiger partial charge is 0.455 e. The predicted octanol–water partition coefficient (Wildman–Crippen LogP) is 10.3. The van der Waals surface area contributed by atoms with E-state index in [4.69, 9.17) is 9.47 Å². The molecule has 236 valence electrons. The third-order valence-electron chi connectivity index (χ3n) is 8.30. The average molecular weight is 581 g/mol. The fourth-order valence-corrected chi connectivity index (χ4v) is 5.84. The van der Waals surface area contributed by atoms with Crippen LogP contribution in [0.1, 0.15) is 128 Å². The number of hydrogen-bond acceptors (Lipinski definition) is 3. The van der Waals surface area contributed by atoms with Gasteiger partial charge in [0.25, 0.3) is 0 Å². The van der Waals surface area contributed by atoms with Crippen LogP contribution in [-0.2, 0) is 22.5 Å². The van der Waals surface area contributed by atoms with E-state index in [9.17, 15) is 4.79 Å². The van der Waals surface area contributed by atoms with E-state index >= 15 is 0 Å². The van der Waals surface area contributed by atoms with Crippen molar-refractivity contribution in [1.82, 2.24) is 0 Å². The molecular formula is C38H62NO3+. The van der Waals surface area contributed by atoms with Crippen molar-refractivity contribution in [3.63, 3.8) is 0 Å². The lowest BCUT2D eigenvalue weighted by Gasteiger charge is -2.33. The molecule has 0 aliphatic carbocycles. The normalized spacial score (nSPS) is 13.1. The molecule has 0 spiro atoms. The van der Waals surface area contributed by atoms with E-state index in [1.54, 1.807) is 0 Å². The number of carbonyl (C=O) groups excluding carboxylic acids is 1. The first-order chi connectivity index (χ1) is 20.4. The Balaban J connectivity index is 1.80. The van der Waals surface area contributed by atoms with Crippen molar-refractivity contribution in [2.24, 2.45) is 5.92 Å². The van der Waals surface area contributed by atoms with Crippen LogP contribution in [0.25, 0.3) is 0 Å². The summed E-state index contributed by atoms with van der Waals surface area (Å²) >= 11 is 0. The van der Waals surface area contributed by atoms with Crippen LogP contribution < -0.4 is 4.74 Å². The zero-order valence-electron chi connectivity index (χ0n) is 27.8. The van der Waals surface area contributed by atoms with E-state index in [0.717, 1.165) is 42.6 Å². The number of hydrogen-bond donors (Lipinski definition) is 0. The molecule has 0 N–H and O–H groups in total. The van der Waals surface area contributed by atoms with E-state index < -0.39 is 6.29 Å². The number of unbranched alkanes of at least 4 members (excludes halogenated alkanes) is 11. The summed E-state index contributed by atoms with van der Waals surface area (Å²) in [6.45, 7) is 8.09. The lowest BCUT2D eigenvalue weighted by Crippen LogP contribution is -2.45. The van der Waals surface area contributed by atoms with Crippen LogP contribution >= 0.6 is 0 Å². The molecule has 42 heavy (non-hydrogen) atoms. The average Bonchev–Trinajstić information content (AvgIpc) is 2.97. The minimum Gasteiger partial charge on any atom is -0.455 e. The van der Waals surface area contributed by atoms with Gasteiger partial charge in [0.2, 0.25) is 6.29 Å². The van der Waals surface area contributed by atoms with Gasteiger partial charge >= 0.3 is 5.97 Å². The molecule has 0 heterocycles. The first-order valence-corrected chi connectivity index (χ1v) is 17.2. The zero-order valence-corrected chi connectivity index (χ0v) is 27.8. The summed E-state index contributed by atoms with van der Waals surface area (Å²) in [7, 11) is 4.38. The summed E-state index contributed by atoms with van der Waals surface area (Å²) in [5.41, 5.74) is 2.50. The highest BCUT2D eigenvalue weighted by molar-refractivity contribution is 5.72. The van der Waals surface area contributed by atoms with Gasteiger partial charge in [0.05, 0.1) is 20.6 Å². The summed E-state index contributed by atoms with van der Waals surface area (Å²) in [5, 5.41) is 0. The molecule has 0 amide bonds. The van der Waals surface area contributed by atoms with E-state index in [2.05, 4.69) is 71.3 Å². The Morgan fingerprint density at radius 1 is 0.714 bits per heavy atom. The second-order valence-corrected chi connectivity index (χ2v) is 12.9. The lowest BCUT2D eigenvalue weighted by atomic mass is 10.0. The smallest absolute Gasteiger partial charge is 0.317 e. The van der Waals surface area contributed by atoms with Crippen LogP contribution in [0.15, 0.2) is 54.6 Å². The number of para-hydroxylation sites is 1. The summed E-state index contributed by atoms with van der Waals surface area (Å²) in [6, 6.07) is 18.8. The molecule has 2 aromatic rings. The SMILES string of the molecule is CCCCCCCCCCCCCCc1ccccc1OC(CCC)OC(=O)C(CC)C[N+](C)(C)Cc1ccccc1. The van der Waals surface area contributed by atoms with Crippen molar-refractivity contribution in [3.8, 4) is 5.75 Å². The van der Waals surface area contributed by atoms with Crippen molar-refractivity contribution in [3.05, 3.63) is 65.7 Å². The van der Waals surface area contributed by atoms with E-state index in [0.29, 0.717) is 6.42 Å². The number of ether oxygens (including phenoxy) is 2. The first-order valence-electron chi connectivity index (χ1n) is 17.2. The van der Waals surface area contributed by atoms with Crippen LogP contribution in [-0.4, -0.2) is 37.4 Å². The molecule has 2 rings (SSSR count). The van der Waals surface area contributed by atoms with Gasteiger partial charge in [-0.15, -0.1) is 0 Å². The van der Waals surface area contributed by atoms with Crippen molar-refractivity contribution in [2.75, 3.05) is 20.6 Å². The summed E-state index contributed by atoms with van der Waals surface area (Å²) in [5.74, 6) is 0.552. The molecule has 4 nitrogen and oxygen atoms in total. The number of aryl methyl sites for hydroxylation is 1. The van der Waals surface area contributed by atoms with Crippen LogP contribution in [0.3, 0.4) is 0 Å². The van der Waals surface area contributed by atoms with Crippen molar-refractivity contribution < 1.29 is 18.8 Å². The van der Waals surface area contributed by atoms with Crippen LogP contribution in [0.4, 0.5) is 0 Å². The molecule has 4 heteroatoms. The predicted molar refractivity (Wildman–Crippen MR) is 178 cm³/mol. The Bertz CT molecular complexity index is 958. The standard InChI is InChI=1S/C38H62NO3/c1-6-9-10-11-12-13-14-15-16-17-18-22-28-35-29-23-24-30-36(35)41-37(25-7-2)42-38(40)34(8-3)32-39(4,5)31-33-26-20-19-21-27-33/h19-21,23-24,26-27,29-30,34,37H,6-18,22,25,28,31-32H2,1-5H3/q+1. The fraction of sp³-hybridized carbons (Fsp3) is 0.658. The van der Waals surface area contributed by atoms with E-state index in [1.165, 1.54) is 88.2 Å².